The van der Waals surface area contributed by atoms with Crippen LogP contribution < -0.4 is 0 Å². The summed E-state index contributed by atoms with van der Waals surface area (Å²) in [7, 11) is -3.89. The van der Waals surface area contributed by atoms with E-state index in [0.29, 0.717) is 29.2 Å². The average Bonchev–Trinajstić information content (AvgIpc) is 2.77. The standard InChI is InChI=1S/C28H46NO5P/c1-19(2)24-14-12-21(5)16-26(24)33-35(32,28(18-29(30)31)23-10-8-7-9-11-23)34-27-17-22(6)13-15-25(27)20(3)4/h7-11,19-22,24-28H,12-18H2,1-6H3/t21-,22+,24-,25-,26-,27-,28+,35?/m1/s1. The molecule has 0 radical (unpaired) electrons. The molecular weight excluding hydrogens is 461 g/mol. The first-order chi connectivity index (χ1) is 16.5. The van der Waals surface area contributed by atoms with Crippen LogP contribution in [0.2, 0.25) is 0 Å². The summed E-state index contributed by atoms with van der Waals surface area (Å²) >= 11 is 0. The highest BCUT2D eigenvalue weighted by molar-refractivity contribution is 7.54. The number of nitrogens with zero attached hydrogens (tertiary/aromatic N) is 1. The van der Waals surface area contributed by atoms with Crippen LogP contribution in [-0.4, -0.2) is 23.7 Å². The Morgan fingerprint density at radius 3 is 1.74 bits per heavy atom. The summed E-state index contributed by atoms with van der Waals surface area (Å²) < 4.78 is 28.3. The van der Waals surface area contributed by atoms with Gasteiger partial charge in [0.05, 0.1) is 12.2 Å². The van der Waals surface area contributed by atoms with Crippen LogP contribution in [0.4, 0.5) is 0 Å². The minimum absolute atomic E-state index is 0.221. The van der Waals surface area contributed by atoms with Crippen molar-refractivity contribution in [3.8, 4) is 0 Å². The van der Waals surface area contributed by atoms with Crippen LogP contribution in [0, 0.1) is 45.6 Å². The normalized spacial score (nSPS) is 32.3. The van der Waals surface area contributed by atoms with E-state index in [4.69, 9.17) is 9.05 Å². The second-order valence-electron chi connectivity index (χ2n) is 11.9. The Morgan fingerprint density at radius 1 is 0.886 bits per heavy atom. The third-order valence-corrected chi connectivity index (χ3v) is 10.7. The van der Waals surface area contributed by atoms with Gasteiger partial charge in [-0.15, -0.1) is 0 Å². The van der Waals surface area contributed by atoms with Gasteiger partial charge in [0.25, 0.3) is 0 Å². The predicted octanol–water partition coefficient (Wildman–Crippen LogP) is 8.15. The number of rotatable bonds is 10. The topological polar surface area (TPSA) is 78.7 Å². The molecular formula is C28H46NO5P. The molecule has 0 aromatic heterocycles. The fraction of sp³-hybridized carbons (Fsp3) is 0.786. The quantitative estimate of drug-likeness (QED) is 0.181. The van der Waals surface area contributed by atoms with E-state index in [9.17, 15) is 14.7 Å². The van der Waals surface area contributed by atoms with Gasteiger partial charge in [0.2, 0.25) is 6.54 Å². The summed E-state index contributed by atoms with van der Waals surface area (Å²) in [6, 6.07) is 9.19. The molecule has 1 aromatic carbocycles. The van der Waals surface area contributed by atoms with E-state index in [1.807, 2.05) is 30.3 Å². The van der Waals surface area contributed by atoms with Crippen LogP contribution in [0.25, 0.3) is 0 Å². The summed E-state index contributed by atoms with van der Waals surface area (Å²) in [5.74, 6) is 2.22. The molecule has 198 valence electrons. The summed E-state index contributed by atoms with van der Waals surface area (Å²) in [5, 5.41) is 11.8. The van der Waals surface area contributed by atoms with Gasteiger partial charge in [-0.1, -0.05) is 84.7 Å². The van der Waals surface area contributed by atoms with E-state index in [-0.39, 0.29) is 29.0 Å². The van der Waals surface area contributed by atoms with Crippen molar-refractivity contribution in [1.29, 1.82) is 0 Å². The Kier molecular flexibility index (Phi) is 9.99. The fourth-order valence-corrected chi connectivity index (χ4v) is 8.68. The largest absolute Gasteiger partial charge is 0.345 e. The zero-order valence-corrected chi connectivity index (χ0v) is 23.4. The molecule has 0 saturated heterocycles. The van der Waals surface area contributed by atoms with Crippen molar-refractivity contribution in [2.24, 2.45) is 35.5 Å². The van der Waals surface area contributed by atoms with Gasteiger partial charge in [-0.05, 0) is 66.8 Å². The zero-order chi connectivity index (χ0) is 25.8. The van der Waals surface area contributed by atoms with Gasteiger partial charge < -0.3 is 9.05 Å². The number of hydrogen-bond acceptors (Lipinski definition) is 5. The first kappa shape index (κ1) is 28.3. The van der Waals surface area contributed by atoms with Crippen LogP contribution in [0.15, 0.2) is 30.3 Å². The number of benzene rings is 1. The third-order valence-electron chi connectivity index (χ3n) is 8.38. The van der Waals surface area contributed by atoms with E-state index in [2.05, 4.69) is 41.5 Å². The first-order valence-electron chi connectivity index (χ1n) is 13.6. The smallest absolute Gasteiger partial charge is 0.304 e. The minimum Gasteiger partial charge on any atom is -0.304 e. The van der Waals surface area contributed by atoms with Crippen LogP contribution in [0.3, 0.4) is 0 Å². The Morgan fingerprint density at radius 2 is 1.34 bits per heavy atom. The molecule has 1 aromatic rings. The maximum atomic E-state index is 15.0. The molecule has 7 heteroatoms. The summed E-state index contributed by atoms with van der Waals surface area (Å²) in [6.45, 7) is 12.7. The van der Waals surface area contributed by atoms with Crippen molar-refractivity contribution in [3.05, 3.63) is 46.0 Å². The highest BCUT2D eigenvalue weighted by Crippen LogP contribution is 2.65. The number of hydrogen-bond donors (Lipinski definition) is 0. The highest BCUT2D eigenvalue weighted by Gasteiger charge is 2.48. The lowest BCUT2D eigenvalue weighted by molar-refractivity contribution is -0.480. The Labute approximate surface area is 212 Å². The molecule has 35 heavy (non-hydrogen) atoms. The molecule has 2 aliphatic rings. The number of nitro groups is 1. The summed E-state index contributed by atoms with van der Waals surface area (Å²) in [6.07, 6.45) is 5.46. The molecule has 0 heterocycles. The van der Waals surface area contributed by atoms with E-state index in [1.54, 1.807) is 0 Å². The van der Waals surface area contributed by atoms with Crippen LogP contribution in [0.5, 0.6) is 0 Å². The SMILES string of the molecule is CC(C)[C@H]1CC[C@@H](C)C[C@H]1OP(=O)(O[C@@H]1C[C@@H](C)CC[C@@H]1C(C)C)[C@@H](C[N+](=O)[O-])c1ccccc1. The van der Waals surface area contributed by atoms with E-state index in [0.717, 1.165) is 38.5 Å². The molecule has 0 aliphatic heterocycles. The molecule has 2 fully saturated rings. The van der Waals surface area contributed by atoms with Crippen LogP contribution >= 0.6 is 7.60 Å². The monoisotopic (exact) mass is 507 g/mol. The second kappa shape index (κ2) is 12.3. The van der Waals surface area contributed by atoms with Gasteiger partial charge in [0, 0.05) is 4.92 Å². The maximum absolute atomic E-state index is 15.0. The van der Waals surface area contributed by atoms with Crippen molar-refractivity contribution in [3.63, 3.8) is 0 Å². The van der Waals surface area contributed by atoms with Gasteiger partial charge in [-0.2, -0.15) is 0 Å². The van der Waals surface area contributed by atoms with Crippen molar-refractivity contribution >= 4 is 7.60 Å². The van der Waals surface area contributed by atoms with Gasteiger partial charge in [-0.25, -0.2) is 0 Å². The lowest BCUT2D eigenvalue weighted by Crippen LogP contribution is -2.37. The molecule has 0 bridgehead atoms. The maximum Gasteiger partial charge on any atom is 0.345 e. The van der Waals surface area contributed by atoms with Gasteiger partial charge >= 0.3 is 7.60 Å². The molecule has 0 N–H and O–H groups in total. The van der Waals surface area contributed by atoms with E-state index in [1.165, 1.54) is 0 Å². The van der Waals surface area contributed by atoms with Crippen LogP contribution in [0.1, 0.15) is 91.3 Å². The van der Waals surface area contributed by atoms with E-state index < -0.39 is 19.8 Å². The Bertz CT molecular complexity index is 822. The van der Waals surface area contributed by atoms with Crippen molar-refractivity contribution in [2.45, 2.75) is 97.9 Å². The average molecular weight is 508 g/mol. The predicted molar refractivity (Wildman–Crippen MR) is 141 cm³/mol. The van der Waals surface area contributed by atoms with E-state index >= 15 is 0 Å². The van der Waals surface area contributed by atoms with Crippen molar-refractivity contribution in [2.75, 3.05) is 6.54 Å². The lowest BCUT2D eigenvalue weighted by atomic mass is 9.75. The molecule has 3 rings (SSSR count). The molecule has 2 saturated carbocycles. The Balaban J connectivity index is 2.03. The van der Waals surface area contributed by atoms with Gasteiger partial charge in [0.15, 0.2) is 5.66 Å². The van der Waals surface area contributed by atoms with Gasteiger partial charge in [-0.3, -0.25) is 14.7 Å². The summed E-state index contributed by atoms with van der Waals surface area (Å²) in [4.78, 5) is 11.5. The molecule has 0 amide bonds. The minimum atomic E-state index is -3.89. The summed E-state index contributed by atoms with van der Waals surface area (Å²) in [5.41, 5.74) is -0.267. The fourth-order valence-electron chi connectivity index (χ4n) is 6.23. The highest BCUT2D eigenvalue weighted by atomic mass is 31.2. The van der Waals surface area contributed by atoms with Gasteiger partial charge in [0.1, 0.15) is 0 Å². The zero-order valence-electron chi connectivity index (χ0n) is 22.5. The van der Waals surface area contributed by atoms with Crippen molar-refractivity contribution in [1.82, 2.24) is 0 Å². The van der Waals surface area contributed by atoms with Crippen LogP contribution in [-0.2, 0) is 13.6 Å². The second-order valence-corrected chi connectivity index (χ2v) is 14.0. The molecule has 1 unspecified atom stereocenters. The molecule has 8 atom stereocenters. The third kappa shape index (κ3) is 7.40. The van der Waals surface area contributed by atoms with Crippen molar-refractivity contribution < 1.29 is 18.5 Å². The molecule has 2 aliphatic carbocycles. The molecule has 0 spiro atoms. The molecule has 6 nitrogen and oxygen atoms in total. The lowest BCUT2D eigenvalue weighted by Gasteiger charge is -2.43. The Hall–Kier alpha value is -1.23. The first-order valence-corrected chi connectivity index (χ1v) is 15.2.